The summed E-state index contributed by atoms with van der Waals surface area (Å²) in [5.74, 6) is 1.92. The molecule has 200 valence electrons. The zero-order valence-corrected chi connectivity index (χ0v) is 23.0. The minimum absolute atomic E-state index is 0.0343. The molecule has 2 aliphatic carbocycles. The van der Waals surface area contributed by atoms with E-state index in [1.54, 1.807) is 0 Å². The molecule has 0 aromatic heterocycles. The number of aryl methyl sites for hydroxylation is 1. The molecule has 0 fully saturated rings. The Hall–Kier alpha value is -3.57. The largest absolute Gasteiger partial charge is 0.490 e. The van der Waals surface area contributed by atoms with Gasteiger partial charge in [-0.25, -0.2) is 0 Å². The topological polar surface area (TPSA) is 61.8 Å². The van der Waals surface area contributed by atoms with Crippen LogP contribution in [0.2, 0.25) is 5.02 Å². The molecule has 0 radical (unpaired) electrons. The third-order valence-electron chi connectivity index (χ3n) is 7.94. The third kappa shape index (κ3) is 4.63. The molecular weight excluding hydrogens is 512 g/mol. The Labute approximate surface area is 233 Å². The van der Waals surface area contributed by atoms with Crippen LogP contribution in [-0.4, -0.2) is 18.2 Å². The third-order valence-corrected chi connectivity index (χ3v) is 8.22. The lowest BCUT2D eigenvalue weighted by Crippen LogP contribution is -2.30. The van der Waals surface area contributed by atoms with Gasteiger partial charge in [0.1, 0.15) is 18.1 Å². The van der Waals surface area contributed by atoms with E-state index in [2.05, 4.69) is 31.2 Å². The molecule has 1 aliphatic heterocycles. The van der Waals surface area contributed by atoms with Crippen molar-refractivity contribution in [3.05, 3.63) is 92.9 Å². The second-order valence-electron chi connectivity index (χ2n) is 10.4. The molecule has 39 heavy (non-hydrogen) atoms. The van der Waals surface area contributed by atoms with Gasteiger partial charge < -0.3 is 14.2 Å². The first kappa shape index (κ1) is 25.7. The van der Waals surface area contributed by atoms with E-state index in [-0.39, 0.29) is 11.6 Å². The van der Waals surface area contributed by atoms with Crippen LogP contribution >= 0.6 is 11.6 Å². The van der Waals surface area contributed by atoms with Gasteiger partial charge in [0.25, 0.3) is 0 Å². The molecule has 1 heterocycles. The van der Waals surface area contributed by atoms with Crippen LogP contribution in [0.3, 0.4) is 0 Å². The Balaban J connectivity index is 1.42. The highest BCUT2D eigenvalue weighted by Crippen LogP contribution is 2.50. The standard InChI is InChI=1S/C33H31ClO5/c1-3-37-29-17-21(30-31-25(35)10-6-12-27(31)39-28-13-7-11-26(36)32(28)30)16-24(34)33(29)38-18-23-19(2)14-15-20-8-4-5-9-22(20)23/h4-5,8-9,14-17,30H,3,6-7,10-13,18H2,1-2H3. The van der Waals surface area contributed by atoms with E-state index in [1.165, 1.54) is 0 Å². The van der Waals surface area contributed by atoms with Gasteiger partial charge in [-0.2, -0.15) is 0 Å². The number of halogens is 1. The summed E-state index contributed by atoms with van der Waals surface area (Å²) in [6.45, 7) is 4.72. The molecule has 0 saturated carbocycles. The lowest BCUT2D eigenvalue weighted by atomic mass is 9.73. The predicted octanol–water partition coefficient (Wildman–Crippen LogP) is 7.91. The van der Waals surface area contributed by atoms with E-state index < -0.39 is 5.92 Å². The number of ether oxygens (including phenoxy) is 3. The van der Waals surface area contributed by atoms with Crippen molar-refractivity contribution in [1.29, 1.82) is 0 Å². The second-order valence-corrected chi connectivity index (χ2v) is 10.8. The summed E-state index contributed by atoms with van der Waals surface area (Å²) in [6, 6.07) is 16.2. The number of allylic oxidation sites excluding steroid dienone is 4. The lowest BCUT2D eigenvalue weighted by molar-refractivity contribution is -0.117. The molecule has 0 amide bonds. The van der Waals surface area contributed by atoms with E-state index in [4.69, 9.17) is 25.8 Å². The van der Waals surface area contributed by atoms with Gasteiger partial charge in [0, 0.05) is 48.3 Å². The first-order chi connectivity index (χ1) is 19.0. The van der Waals surface area contributed by atoms with E-state index in [9.17, 15) is 9.59 Å². The van der Waals surface area contributed by atoms with Gasteiger partial charge in [0.15, 0.2) is 23.1 Å². The van der Waals surface area contributed by atoms with Gasteiger partial charge >= 0.3 is 0 Å². The van der Waals surface area contributed by atoms with Crippen LogP contribution in [0.5, 0.6) is 11.5 Å². The molecule has 6 rings (SSSR count). The van der Waals surface area contributed by atoms with Crippen molar-refractivity contribution < 1.29 is 23.8 Å². The summed E-state index contributed by atoms with van der Waals surface area (Å²) < 4.78 is 18.6. The average Bonchev–Trinajstić information content (AvgIpc) is 2.93. The molecule has 0 unspecified atom stereocenters. The monoisotopic (exact) mass is 542 g/mol. The summed E-state index contributed by atoms with van der Waals surface area (Å²) in [5.41, 5.74) is 4.16. The number of benzene rings is 3. The van der Waals surface area contributed by atoms with E-state index in [0.717, 1.165) is 40.3 Å². The van der Waals surface area contributed by atoms with Gasteiger partial charge in [-0.1, -0.05) is 48.0 Å². The van der Waals surface area contributed by atoms with Crippen LogP contribution in [0.25, 0.3) is 10.8 Å². The van der Waals surface area contributed by atoms with Crippen molar-refractivity contribution in [3.8, 4) is 11.5 Å². The first-order valence-corrected chi connectivity index (χ1v) is 14.1. The van der Waals surface area contributed by atoms with Crippen LogP contribution in [0.15, 0.2) is 71.2 Å². The van der Waals surface area contributed by atoms with Crippen LogP contribution in [-0.2, 0) is 20.9 Å². The van der Waals surface area contributed by atoms with Crippen molar-refractivity contribution in [3.63, 3.8) is 0 Å². The number of Topliss-reactive ketones (excluding diaryl/α,β-unsaturated/α-hetero) is 2. The molecule has 0 spiro atoms. The summed E-state index contributed by atoms with van der Waals surface area (Å²) in [6.07, 6.45) is 3.80. The van der Waals surface area contributed by atoms with Gasteiger partial charge in [0.2, 0.25) is 0 Å². The van der Waals surface area contributed by atoms with Crippen molar-refractivity contribution in [2.24, 2.45) is 0 Å². The first-order valence-electron chi connectivity index (χ1n) is 13.7. The van der Waals surface area contributed by atoms with Gasteiger partial charge in [-0.05, 0) is 60.7 Å². The molecule has 0 N–H and O–H groups in total. The Morgan fingerprint density at radius 2 is 1.59 bits per heavy atom. The maximum atomic E-state index is 13.2. The predicted molar refractivity (Wildman–Crippen MR) is 151 cm³/mol. The van der Waals surface area contributed by atoms with Crippen molar-refractivity contribution >= 4 is 33.9 Å². The van der Waals surface area contributed by atoms with E-state index >= 15 is 0 Å². The molecule has 6 heteroatoms. The number of ketones is 2. The SMILES string of the molecule is CCOc1cc(C2C3=C(CCCC3=O)OC3=C2C(=O)CCC3)cc(Cl)c1OCc1c(C)ccc2ccccc12. The van der Waals surface area contributed by atoms with Crippen LogP contribution in [0.4, 0.5) is 0 Å². The Morgan fingerprint density at radius 3 is 2.28 bits per heavy atom. The Bertz CT molecular complexity index is 1520. The maximum Gasteiger partial charge on any atom is 0.180 e. The van der Waals surface area contributed by atoms with Crippen molar-refractivity contribution in [1.82, 2.24) is 0 Å². The van der Waals surface area contributed by atoms with Gasteiger partial charge in [-0.3, -0.25) is 9.59 Å². The normalized spacial score (nSPS) is 17.7. The van der Waals surface area contributed by atoms with Crippen LogP contribution < -0.4 is 9.47 Å². The number of rotatable bonds is 6. The Kier molecular flexibility index (Phi) is 6.94. The molecule has 0 bridgehead atoms. The molecular formula is C33H31ClO5. The number of carbonyl (C=O) groups excluding carboxylic acids is 2. The highest BCUT2D eigenvalue weighted by molar-refractivity contribution is 6.32. The fourth-order valence-corrected chi connectivity index (χ4v) is 6.36. The van der Waals surface area contributed by atoms with Gasteiger partial charge in [0.05, 0.1) is 11.6 Å². The highest BCUT2D eigenvalue weighted by Gasteiger charge is 2.42. The number of hydrogen-bond acceptors (Lipinski definition) is 5. The number of hydrogen-bond donors (Lipinski definition) is 0. The fraction of sp³-hybridized carbons (Fsp3) is 0.333. The summed E-state index contributed by atoms with van der Waals surface area (Å²) in [4.78, 5) is 26.4. The number of carbonyl (C=O) groups is 2. The van der Waals surface area contributed by atoms with E-state index in [1.807, 2.05) is 31.2 Å². The average molecular weight is 543 g/mol. The lowest BCUT2D eigenvalue weighted by Gasteiger charge is -2.36. The summed E-state index contributed by atoms with van der Waals surface area (Å²) in [7, 11) is 0. The second kappa shape index (κ2) is 10.5. The van der Waals surface area contributed by atoms with Crippen LogP contribution in [0, 0.1) is 6.92 Å². The number of fused-ring (bicyclic) bond motifs is 1. The molecule has 0 atom stereocenters. The van der Waals surface area contributed by atoms with Crippen molar-refractivity contribution in [2.75, 3.05) is 6.61 Å². The fourth-order valence-electron chi connectivity index (χ4n) is 6.09. The summed E-state index contributed by atoms with van der Waals surface area (Å²) >= 11 is 6.90. The minimum Gasteiger partial charge on any atom is -0.490 e. The zero-order chi connectivity index (χ0) is 27.1. The Morgan fingerprint density at radius 1 is 0.897 bits per heavy atom. The van der Waals surface area contributed by atoms with Crippen LogP contribution in [0.1, 0.15) is 68.1 Å². The molecule has 3 aromatic rings. The summed E-state index contributed by atoms with van der Waals surface area (Å²) in [5, 5.41) is 2.67. The van der Waals surface area contributed by atoms with E-state index in [0.29, 0.717) is 78.1 Å². The quantitative estimate of drug-likeness (QED) is 0.317. The zero-order valence-electron chi connectivity index (χ0n) is 22.3. The maximum absolute atomic E-state index is 13.2. The van der Waals surface area contributed by atoms with Crippen molar-refractivity contribution in [2.45, 2.75) is 64.9 Å². The van der Waals surface area contributed by atoms with Gasteiger partial charge in [-0.15, -0.1) is 0 Å². The molecule has 5 nitrogen and oxygen atoms in total. The minimum atomic E-state index is -0.504. The highest BCUT2D eigenvalue weighted by atomic mass is 35.5. The molecule has 3 aliphatic rings. The smallest absolute Gasteiger partial charge is 0.180 e. The molecule has 0 saturated heterocycles. The molecule has 3 aromatic carbocycles.